The second kappa shape index (κ2) is 9.68. The molecule has 0 aromatic heterocycles. The van der Waals surface area contributed by atoms with E-state index in [1.54, 1.807) is 0 Å². The second-order valence-corrected chi connectivity index (χ2v) is 4.21. The molecule has 8 heteroatoms. The summed E-state index contributed by atoms with van der Waals surface area (Å²) in [6.07, 6.45) is 2.71. The van der Waals surface area contributed by atoms with E-state index < -0.39 is 16.9 Å². The van der Waals surface area contributed by atoms with E-state index in [9.17, 15) is 0 Å². The van der Waals surface area contributed by atoms with Crippen LogP contribution in [0.15, 0.2) is 0 Å². The summed E-state index contributed by atoms with van der Waals surface area (Å²) < 4.78 is 0. The van der Waals surface area contributed by atoms with Gasteiger partial charge in [0.1, 0.15) is 12.7 Å². The zero-order valence-corrected chi connectivity index (χ0v) is 10.2. The van der Waals surface area contributed by atoms with Gasteiger partial charge in [-0.25, -0.2) is 9.68 Å². The molecule has 0 aromatic rings. The van der Waals surface area contributed by atoms with Crippen LogP contribution in [0, 0.1) is 5.92 Å². The maximum atomic E-state index is 8.51. The highest BCUT2D eigenvalue weighted by atomic mass is 17.1. The number of rotatable bonds is 10. The van der Waals surface area contributed by atoms with Crippen molar-refractivity contribution in [1.29, 1.82) is 0 Å². The van der Waals surface area contributed by atoms with E-state index in [0.717, 1.165) is 19.3 Å². The molecule has 0 spiro atoms. The summed E-state index contributed by atoms with van der Waals surface area (Å²) in [5.74, 6) is 0.614. The highest BCUT2D eigenvalue weighted by molar-refractivity contribution is 4.56. The van der Waals surface area contributed by atoms with Gasteiger partial charge in [-0.05, 0) is 12.3 Å². The summed E-state index contributed by atoms with van der Waals surface area (Å²) in [5, 5.41) is 32.9. The van der Waals surface area contributed by atoms with Crippen molar-refractivity contribution in [2.75, 3.05) is 6.61 Å². The Morgan fingerprint density at radius 3 is 2.00 bits per heavy atom. The number of nitrogens with zero attached hydrogens (tertiary/aromatic N) is 2. The summed E-state index contributed by atoms with van der Waals surface area (Å²) in [5.41, 5.74) is 0. The maximum Gasteiger partial charge on any atom is 0.110 e. The predicted molar refractivity (Wildman–Crippen MR) is 55.0 cm³/mol. The van der Waals surface area contributed by atoms with Gasteiger partial charge in [0, 0.05) is 0 Å². The molecule has 0 amide bonds. The fourth-order valence-corrected chi connectivity index (χ4v) is 1.37. The van der Waals surface area contributed by atoms with Gasteiger partial charge in [-0.2, -0.15) is 0 Å². The van der Waals surface area contributed by atoms with Gasteiger partial charge < -0.3 is 0 Å². The van der Waals surface area contributed by atoms with Crippen molar-refractivity contribution < 1.29 is 30.5 Å². The SMILES string of the molecule is CC(C)CCCC[C@@H](CON(O)O)ON(O)O. The minimum atomic E-state index is -0.668. The van der Waals surface area contributed by atoms with Crippen molar-refractivity contribution in [3.05, 3.63) is 0 Å². The average Bonchev–Trinajstić information content (AvgIpc) is 2.19. The first-order chi connectivity index (χ1) is 7.91. The maximum absolute atomic E-state index is 8.51. The molecule has 0 aromatic carbocycles. The van der Waals surface area contributed by atoms with Crippen molar-refractivity contribution in [2.45, 2.75) is 45.6 Å². The molecular formula is C9H22N2O6. The molecule has 0 radical (unpaired) electrons. The van der Waals surface area contributed by atoms with Crippen molar-refractivity contribution >= 4 is 0 Å². The van der Waals surface area contributed by atoms with Gasteiger partial charge in [0.05, 0.1) is 10.8 Å². The minimum Gasteiger partial charge on any atom is -0.266 e. The zero-order chi connectivity index (χ0) is 13.3. The largest absolute Gasteiger partial charge is 0.266 e. The highest BCUT2D eigenvalue weighted by Crippen LogP contribution is 2.12. The summed E-state index contributed by atoms with van der Waals surface area (Å²) >= 11 is 0. The second-order valence-electron chi connectivity index (χ2n) is 4.21. The van der Waals surface area contributed by atoms with Crippen LogP contribution in [-0.2, 0) is 9.68 Å². The Hall–Kier alpha value is -0.320. The molecule has 0 rings (SSSR count). The van der Waals surface area contributed by atoms with Crippen molar-refractivity contribution in [2.24, 2.45) is 5.92 Å². The molecule has 0 bridgehead atoms. The van der Waals surface area contributed by atoms with E-state index in [0.29, 0.717) is 12.3 Å². The van der Waals surface area contributed by atoms with E-state index in [-0.39, 0.29) is 6.61 Å². The Bertz CT molecular complexity index is 179. The van der Waals surface area contributed by atoms with Crippen LogP contribution in [0.25, 0.3) is 0 Å². The highest BCUT2D eigenvalue weighted by Gasteiger charge is 2.14. The van der Waals surface area contributed by atoms with Crippen LogP contribution in [0.1, 0.15) is 39.5 Å². The lowest BCUT2D eigenvalue weighted by Crippen LogP contribution is -2.31. The molecule has 0 heterocycles. The minimum absolute atomic E-state index is 0.202. The van der Waals surface area contributed by atoms with Gasteiger partial charge in [-0.15, -0.1) is 0 Å². The van der Waals surface area contributed by atoms with E-state index in [1.165, 1.54) is 0 Å². The van der Waals surface area contributed by atoms with Crippen LogP contribution in [0.4, 0.5) is 0 Å². The number of hydrogen-bond donors (Lipinski definition) is 4. The third-order valence-corrected chi connectivity index (χ3v) is 2.18. The van der Waals surface area contributed by atoms with Gasteiger partial charge in [0.15, 0.2) is 0 Å². The lowest BCUT2D eigenvalue weighted by molar-refractivity contribution is -0.527. The molecule has 17 heavy (non-hydrogen) atoms. The molecule has 0 aliphatic heterocycles. The standard InChI is InChI=1S/C9H22N2O6/c1-8(2)5-3-4-6-9(17-11(14)15)7-16-10(12)13/h8-9,12-15H,3-7H2,1-2H3/t9-/m0/s1. The van der Waals surface area contributed by atoms with Crippen LogP contribution in [0.3, 0.4) is 0 Å². The first-order valence-electron chi connectivity index (χ1n) is 5.57. The molecule has 8 nitrogen and oxygen atoms in total. The fraction of sp³-hybridized carbons (Fsp3) is 1.00. The zero-order valence-electron chi connectivity index (χ0n) is 10.2. The first-order valence-corrected chi connectivity index (χ1v) is 5.57. The summed E-state index contributed by atoms with van der Waals surface area (Å²) in [4.78, 5) is 8.93. The monoisotopic (exact) mass is 254 g/mol. The van der Waals surface area contributed by atoms with Gasteiger partial charge in [0.2, 0.25) is 0 Å². The van der Waals surface area contributed by atoms with Crippen LogP contribution < -0.4 is 0 Å². The lowest BCUT2D eigenvalue weighted by atomic mass is 10.0. The Balaban J connectivity index is 3.76. The van der Waals surface area contributed by atoms with Crippen molar-refractivity contribution in [1.82, 2.24) is 10.8 Å². The number of hydrogen-bond acceptors (Lipinski definition) is 8. The van der Waals surface area contributed by atoms with Gasteiger partial charge in [-0.1, -0.05) is 33.1 Å². The van der Waals surface area contributed by atoms with Crippen LogP contribution >= 0.6 is 0 Å². The van der Waals surface area contributed by atoms with E-state index in [1.807, 2.05) is 0 Å². The lowest BCUT2D eigenvalue weighted by Gasteiger charge is -2.19. The summed E-state index contributed by atoms with van der Waals surface area (Å²) in [6.45, 7) is 4.04. The average molecular weight is 254 g/mol. The molecule has 0 saturated heterocycles. The molecule has 0 aliphatic carbocycles. The van der Waals surface area contributed by atoms with Crippen LogP contribution in [-0.4, -0.2) is 44.3 Å². The van der Waals surface area contributed by atoms with E-state index >= 15 is 0 Å². The Labute approximate surface area is 100 Å². The fourth-order valence-electron chi connectivity index (χ4n) is 1.37. The Morgan fingerprint density at radius 1 is 0.941 bits per heavy atom. The van der Waals surface area contributed by atoms with Crippen molar-refractivity contribution in [3.8, 4) is 0 Å². The molecular weight excluding hydrogens is 232 g/mol. The normalized spacial score (nSPS) is 13.9. The Morgan fingerprint density at radius 2 is 1.53 bits per heavy atom. The predicted octanol–water partition coefficient (Wildman–Crippen LogP) is 1.60. The van der Waals surface area contributed by atoms with Gasteiger partial charge in [-0.3, -0.25) is 20.8 Å². The summed E-state index contributed by atoms with van der Waals surface area (Å²) in [6, 6.07) is 0. The summed E-state index contributed by atoms with van der Waals surface area (Å²) in [7, 11) is 0. The molecule has 1 atom stereocenters. The molecule has 4 N–H and O–H groups in total. The molecule has 0 fully saturated rings. The Kier molecular flexibility index (Phi) is 9.50. The van der Waals surface area contributed by atoms with E-state index in [4.69, 9.17) is 20.8 Å². The van der Waals surface area contributed by atoms with Crippen LogP contribution in [0.2, 0.25) is 0 Å². The molecule has 0 saturated carbocycles. The number of unbranched alkanes of at least 4 members (excludes halogenated alkanes) is 1. The smallest absolute Gasteiger partial charge is 0.110 e. The van der Waals surface area contributed by atoms with Crippen molar-refractivity contribution in [3.63, 3.8) is 0 Å². The van der Waals surface area contributed by atoms with Crippen LogP contribution in [0.5, 0.6) is 0 Å². The first kappa shape index (κ1) is 16.7. The van der Waals surface area contributed by atoms with Gasteiger partial charge in [0.25, 0.3) is 0 Å². The van der Waals surface area contributed by atoms with E-state index in [2.05, 4.69) is 23.5 Å². The molecule has 0 aliphatic rings. The molecule has 104 valence electrons. The topological polar surface area (TPSA) is 106 Å². The quantitative estimate of drug-likeness (QED) is 0.344. The third kappa shape index (κ3) is 11.9. The van der Waals surface area contributed by atoms with Gasteiger partial charge >= 0.3 is 0 Å². The molecule has 0 unspecified atom stereocenters. The third-order valence-electron chi connectivity index (χ3n) is 2.18.